The second-order valence-corrected chi connectivity index (χ2v) is 11.2. The zero-order valence-electron chi connectivity index (χ0n) is 17.6. The third kappa shape index (κ3) is 4.91. The van der Waals surface area contributed by atoms with E-state index in [0.717, 1.165) is 13.0 Å². The molecule has 1 N–H and O–H groups in total. The number of fused-ring (bicyclic) bond motifs is 1. The van der Waals surface area contributed by atoms with Gasteiger partial charge in [-0.3, -0.25) is 9.79 Å². The zero-order valence-corrected chi connectivity index (χ0v) is 18.5. The van der Waals surface area contributed by atoms with Gasteiger partial charge >= 0.3 is 0 Å². The molecule has 0 radical (unpaired) electrons. The number of benzene rings is 1. The first kappa shape index (κ1) is 21.6. The normalized spacial score (nSPS) is 20.9. The van der Waals surface area contributed by atoms with Gasteiger partial charge < -0.3 is 15.1 Å². The highest BCUT2D eigenvalue weighted by atomic mass is 32.2. The van der Waals surface area contributed by atoms with Gasteiger partial charge in [0, 0.05) is 46.2 Å². The Morgan fingerprint density at radius 3 is 2.59 bits per heavy atom. The predicted molar refractivity (Wildman–Crippen MR) is 116 cm³/mol. The molecule has 0 saturated carbocycles. The van der Waals surface area contributed by atoms with Crippen molar-refractivity contribution in [3.63, 3.8) is 0 Å². The standard InChI is InChI=1S/C21H32N4O3S/c1-21(2)16-25(13-14-29(21,27)28)20(22-3)23-11-6-9-19(26)24-12-10-17-7-4-5-8-18(17)15-24/h4-5,7-8H,6,9-16H2,1-3H3,(H,22,23). The molecule has 1 aromatic rings. The van der Waals surface area contributed by atoms with Crippen LogP contribution in [0.3, 0.4) is 0 Å². The van der Waals surface area contributed by atoms with Crippen LogP contribution in [0.1, 0.15) is 37.8 Å². The number of nitrogens with zero attached hydrogens (tertiary/aromatic N) is 3. The number of hydrogen-bond acceptors (Lipinski definition) is 4. The molecule has 0 unspecified atom stereocenters. The van der Waals surface area contributed by atoms with Crippen LogP contribution >= 0.6 is 0 Å². The molecule has 0 aromatic heterocycles. The molecule has 1 saturated heterocycles. The van der Waals surface area contributed by atoms with Gasteiger partial charge in [0.1, 0.15) is 0 Å². The van der Waals surface area contributed by atoms with Crippen molar-refractivity contribution in [3.8, 4) is 0 Å². The first-order valence-electron chi connectivity index (χ1n) is 10.3. The van der Waals surface area contributed by atoms with E-state index in [1.165, 1.54) is 11.1 Å². The monoisotopic (exact) mass is 420 g/mol. The maximum atomic E-state index is 12.6. The van der Waals surface area contributed by atoms with Crippen LogP contribution in [0.25, 0.3) is 0 Å². The molecular formula is C21H32N4O3S. The van der Waals surface area contributed by atoms with Crippen LogP contribution in [0.5, 0.6) is 0 Å². The number of hydrogen-bond donors (Lipinski definition) is 1. The van der Waals surface area contributed by atoms with Gasteiger partial charge in [-0.05, 0) is 37.8 Å². The number of guanidine groups is 1. The van der Waals surface area contributed by atoms with Crippen LogP contribution in [-0.2, 0) is 27.6 Å². The molecule has 160 valence electrons. The van der Waals surface area contributed by atoms with Crippen LogP contribution in [0, 0.1) is 0 Å². The minimum atomic E-state index is -3.08. The summed E-state index contributed by atoms with van der Waals surface area (Å²) in [5.74, 6) is 1.02. The average molecular weight is 421 g/mol. The van der Waals surface area contributed by atoms with Crippen molar-refractivity contribution in [1.82, 2.24) is 15.1 Å². The Balaban J connectivity index is 1.44. The Kier molecular flexibility index (Phi) is 6.51. The topological polar surface area (TPSA) is 82.1 Å². The smallest absolute Gasteiger partial charge is 0.222 e. The second-order valence-electron chi connectivity index (χ2n) is 8.41. The average Bonchev–Trinajstić information content (AvgIpc) is 2.70. The first-order valence-corrected chi connectivity index (χ1v) is 11.9. The number of carbonyl (C=O) groups excluding carboxylic acids is 1. The maximum Gasteiger partial charge on any atom is 0.222 e. The minimum Gasteiger partial charge on any atom is -0.356 e. The molecule has 2 aliphatic heterocycles. The van der Waals surface area contributed by atoms with E-state index < -0.39 is 14.6 Å². The van der Waals surface area contributed by atoms with Crippen molar-refractivity contribution in [1.29, 1.82) is 0 Å². The molecule has 1 fully saturated rings. The van der Waals surface area contributed by atoms with E-state index >= 15 is 0 Å². The van der Waals surface area contributed by atoms with E-state index in [0.29, 0.717) is 45.0 Å². The van der Waals surface area contributed by atoms with Gasteiger partial charge in [-0.1, -0.05) is 24.3 Å². The van der Waals surface area contributed by atoms with Crippen LogP contribution in [0.4, 0.5) is 0 Å². The quantitative estimate of drug-likeness (QED) is 0.453. The fourth-order valence-corrected chi connectivity index (χ4v) is 5.33. The van der Waals surface area contributed by atoms with E-state index in [9.17, 15) is 13.2 Å². The van der Waals surface area contributed by atoms with Gasteiger partial charge in [-0.2, -0.15) is 0 Å². The van der Waals surface area contributed by atoms with Crippen molar-refractivity contribution < 1.29 is 13.2 Å². The Labute approximate surface area is 174 Å². The molecule has 8 heteroatoms. The molecular weight excluding hydrogens is 388 g/mol. The Hall–Kier alpha value is -2.09. The predicted octanol–water partition coefficient (Wildman–Crippen LogP) is 1.44. The Bertz CT molecular complexity index is 880. The summed E-state index contributed by atoms with van der Waals surface area (Å²) in [6, 6.07) is 8.31. The number of rotatable bonds is 4. The number of nitrogens with one attached hydrogen (secondary N) is 1. The summed E-state index contributed by atoms with van der Waals surface area (Å²) in [6.07, 6.45) is 2.12. The van der Waals surface area contributed by atoms with Crippen molar-refractivity contribution >= 4 is 21.7 Å². The number of carbonyl (C=O) groups is 1. The fraction of sp³-hybridized carbons (Fsp3) is 0.619. The van der Waals surface area contributed by atoms with Crippen molar-refractivity contribution in [3.05, 3.63) is 35.4 Å². The summed E-state index contributed by atoms with van der Waals surface area (Å²) in [4.78, 5) is 20.8. The van der Waals surface area contributed by atoms with E-state index in [1.807, 2.05) is 21.9 Å². The van der Waals surface area contributed by atoms with Gasteiger partial charge in [-0.25, -0.2) is 8.42 Å². The molecule has 2 aliphatic rings. The third-order valence-electron chi connectivity index (χ3n) is 5.89. The highest BCUT2D eigenvalue weighted by molar-refractivity contribution is 7.92. The Morgan fingerprint density at radius 2 is 1.90 bits per heavy atom. The van der Waals surface area contributed by atoms with E-state index in [1.54, 1.807) is 20.9 Å². The molecule has 0 atom stereocenters. The summed E-state index contributed by atoms with van der Waals surface area (Å²) < 4.78 is 23.6. The van der Waals surface area contributed by atoms with Crippen molar-refractivity contribution in [2.24, 2.45) is 4.99 Å². The maximum absolute atomic E-state index is 12.6. The largest absolute Gasteiger partial charge is 0.356 e. The summed E-state index contributed by atoms with van der Waals surface area (Å²) in [6.45, 7) is 6.49. The van der Waals surface area contributed by atoms with Gasteiger partial charge in [0.15, 0.2) is 15.8 Å². The summed E-state index contributed by atoms with van der Waals surface area (Å²) in [5, 5.41) is 3.29. The minimum absolute atomic E-state index is 0.135. The lowest BCUT2D eigenvalue weighted by Gasteiger charge is -2.39. The van der Waals surface area contributed by atoms with Crippen LogP contribution < -0.4 is 5.32 Å². The highest BCUT2D eigenvalue weighted by Crippen LogP contribution is 2.23. The van der Waals surface area contributed by atoms with Gasteiger partial charge in [0.2, 0.25) is 5.91 Å². The molecule has 29 heavy (non-hydrogen) atoms. The van der Waals surface area contributed by atoms with Crippen LogP contribution in [0.15, 0.2) is 29.3 Å². The van der Waals surface area contributed by atoms with E-state index in [2.05, 4.69) is 22.4 Å². The Morgan fingerprint density at radius 1 is 1.17 bits per heavy atom. The molecule has 0 bridgehead atoms. The second kappa shape index (κ2) is 8.73. The summed E-state index contributed by atoms with van der Waals surface area (Å²) in [5.41, 5.74) is 2.58. The van der Waals surface area contributed by atoms with E-state index in [4.69, 9.17) is 0 Å². The van der Waals surface area contributed by atoms with Crippen LogP contribution in [0.2, 0.25) is 0 Å². The van der Waals surface area contributed by atoms with Crippen LogP contribution in [-0.4, -0.2) is 73.8 Å². The lowest BCUT2D eigenvalue weighted by Crippen LogP contribution is -2.57. The first-order chi connectivity index (χ1) is 13.7. The lowest BCUT2D eigenvalue weighted by molar-refractivity contribution is -0.132. The molecule has 1 aromatic carbocycles. The molecule has 3 rings (SSSR count). The summed E-state index contributed by atoms with van der Waals surface area (Å²) >= 11 is 0. The van der Waals surface area contributed by atoms with Gasteiger partial charge in [-0.15, -0.1) is 0 Å². The highest BCUT2D eigenvalue weighted by Gasteiger charge is 2.40. The van der Waals surface area contributed by atoms with Crippen molar-refractivity contribution in [2.75, 3.05) is 39.0 Å². The number of aliphatic imine (C=N–C) groups is 1. The molecule has 0 aliphatic carbocycles. The number of sulfone groups is 1. The fourth-order valence-electron chi connectivity index (χ4n) is 3.96. The molecule has 0 spiro atoms. The lowest BCUT2D eigenvalue weighted by atomic mass is 9.99. The SMILES string of the molecule is CN=C(NCCCC(=O)N1CCc2ccccc2C1)N1CCS(=O)(=O)C(C)(C)C1. The number of amides is 1. The molecule has 7 nitrogen and oxygen atoms in total. The summed E-state index contributed by atoms with van der Waals surface area (Å²) in [7, 11) is -1.38. The molecule has 2 heterocycles. The van der Waals surface area contributed by atoms with E-state index in [-0.39, 0.29) is 11.7 Å². The van der Waals surface area contributed by atoms with Gasteiger partial charge in [0.25, 0.3) is 0 Å². The van der Waals surface area contributed by atoms with Crippen molar-refractivity contribution in [2.45, 2.75) is 44.4 Å². The third-order valence-corrected chi connectivity index (χ3v) is 8.42. The molecule has 1 amide bonds. The van der Waals surface area contributed by atoms with Gasteiger partial charge in [0.05, 0.1) is 10.5 Å². The zero-order chi connectivity index (χ0) is 21.1.